The molecule has 0 bridgehead atoms. The number of ketones is 1. The summed E-state index contributed by atoms with van der Waals surface area (Å²) in [5.41, 5.74) is 1.21. The standard InChI is InChI=1S/C14H18O2/c15-13-7-4-8-14(10-9-13)16-11-12-5-2-1-3-6-12/h1-3,5-6,14H,4,7-11H2/t14-/m0/s1. The van der Waals surface area contributed by atoms with Gasteiger partial charge in [0.1, 0.15) is 5.78 Å². The van der Waals surface area contributed by atoms with Gasteiger partial charge in [-0.25, -0.2) is 0 Å². The lowest BCUT2D eigenvalue weighted by Gasteiger charge is -2.14. The van der Waals surface area contributed by atoms with E-state index >= 15 is 0 Å². The van der Waals surface area contributed by atoms with Gasteiger partial charge in [0.25, 0.3) is 0 Å². The molecule has 1 fully saturated rings. The lowest BCUT2D eigenvalue weighted by Crippen LogP contribution is -2.11. The van der Waals surface area contributed by atoms with Crippen LogP contribution in [0.4, 0.5) is 0 Å². The number of ether oxygens (including phenoxy) is 1. The van der Waals surface area contributed by atoms with E-state index in [0.717, 1.165) is 25.7 Å². The van der Waals surface area contributed by atoms with Crippen LogP contribution >= 0.6 is 0 Å². The predicted octanol–water partition coefficient (Wildman–Crippen LogP) is 3.11. The highest BCUT2D eigenvalue weighted by atomic mass is 16.5. The molecule has 0 radical (unpaired) electrons. The summed E-state index contributed by atoms with van der Waals surface area (Å²) in [6.45, 7) is 0.666. The van der Waals surface area contributed by atoms with E-state index in [0.29, 0.717) is 18.8 Å². The third-order valence-corrected chi connectivity index (χ3v) is 3.06. The van der Waals surface area contributed by atoms with Crippen LogP contribution in [-0.4, -0.2) is 11.9 Å². The molecule has 0 spiro atoms. The summed E-state index contributed by atoms with van der Waals surface area (Å²) in [5, 5.41) is 0. The normalized spacial score (nSPS) is 21.8. The molecule has 2 nitrogen and oxygen atoms in total. The van der Waals surface area contributed by atoms with Gasteiger partial charge in [0, 0.05) is 12.8 Å². The molecular weight excluding hydrogens is 200 g/mol. The van der Waals surface area contributed by atoms with Crippen LogP contribution in [0.15, 0.2) is 30.3 Å². The second-order valence-corrected chi connectivity index (χ2v) is 4.39. The van der Waals surface area contributed by atoms with E-state index in [9.17, 15) is 4.79 Å². The topological polar surface area (TPSA) is 26.3 Å². The molecule has 1 saturated carbocycles. The first-order chi connectivity index (χ1) is 7.84. The Labute approximate surface area is 96.6 Å². The van der Waals surface area contributed by atoms with Gasteiger partial charge in [-0.3, -0.25) is 4.79 Å². The van der Waals surface area contributed by atoms with Gasteiger partial charge in [0.2, 0.25) is 0 Å². The Morgan fingerprint density at radius 2 is 1.94 bits per heavy atom. The van der Waals surface area contributed by atoms with Crippen molar-refractivity contribution in [2.75, 3.05) is 0 Å². The Morgan fingerprint density at radius 1 is 1.12 bits per heavy atom. The molecule has 1 aromatic carbocycles. The monoisotopic (exact) mass is 218 g/mol. The molecule has 86 valence electrons. The molecule has 2 rings (SSSR count). The first-order valence-corrected chi connectivity index (χ1v) is 6.02. The van der Waals surface area contributed by atoms with Crippen LogP contribution in [0.2, 0.25) is 0 Å². The summed E-state index contributed by atoms with van der Waals surface area (Å²) in [6.07, 6.45) is 4.61. The molecule has 1 aromatic rings. The highest BCUT2D eigenvalue weighted by Crippen LogP contribution is 2.19. The Morgan fingerprint density at radius 3 is 2.75 bits per heavy atom. The molecular formula is C14H18O2. The largest absolute Gasteiger partial charge is 0.374 e. The van der Waals surface area contributed by atoms with Crippen molar-refractivity contribution in [3.63, 3.8) is 0 Å². The number of Topliss-reactive ketones (excluding diaryl/α,β-unsaturated/α-hetero) is 1. The molecule has 0 aromatic heterocycles. The second kappa shape index (κ2) is 5.80. The summed E-state index contributed by atoms with van der Waals surface area (Å²) in [6, 6.07) is 10.2. The van der Waals surface area contributed by atoms with Crippen molar-refractivity contribution in [2.45, 2.75) is 44.8 Å². The van der Waals surface area contributed by atoms with Crippen LogP contribution in [0.25, 0.3) is 0 Å². The Bertz CT molecular complexity index is 332. The van der Waals surface area contributed by atoms with E-state index in [1.54, 1.807) is 0 Å². The van der Waals surface area contributed by atoms with Gasteiger partial charge in [-0.1, -0.05) is 30.3 Å². The lowest BCUT2D eigenvalue weighted by molar-refractivity contribution is -0.119. The third kappa shape index (κ3) is 3.46. The van der Waals surface area contributed by atoms with E-state index in [-0.39, 0.29) is 6.10 Å². The Hall–Kier alpha value is -1.15. The smallest absolute Gasteiger partial charge is 0.133 e. The van der Waals surface area contributed by atoms with Crippen LogP contribution in [-0.2, 0) is 16.1 Å². The van der Waals surface area contributed by atoms with Crippen LogP contribution in [0.3, 0.4) is 0 Å². The summed E-state index contributed by atoms with van der Waals surface area (Å²) in [5.74, 6) is 0.394. The van der Waals surface area contributed by atoms with Gasteiger partial charge < -0.3 is 4.74 Å². The fourth-order valence-corrected chi connectivity index (χ4v) is 2.07. The molecule has 1 aliphatic rings. The zero-order valence-electron chi connectivity index (χ0n) is 9.52. The van der Waals surface area contributed by atoms with E-state index in [1.807, 2.05) is 18.2 Å². The molecule has 1 aliphatic carbocycles. The van der Waals surface area contributed by atoms with Gasteiger partial charge in [0.15, 0.2) is 0 Å². The Balaban J connectivity index is 1.79. The van der Waals surface area contributed by atoms with Crippen molar-refractivity contribution in [1.82, 2.24) is 0 Å². The van der Waals surface area contributed by atoms with Crippen molar-refractivity contribution < 1.29 is 9.53 Å². The summed E-state index contributed by atoms with van der Waals surface area (Å²) in [4.78, 5) is 11.2. The zero-order valence-corrected chi connectivity index (χ0v) is 9.52. The van der Waals surface area contributed by atoms with Gasteiger partial charge in [-0.15, -0.1) is 0 Å². The number of carbonyl (C=O) groups is 1. The minimum Gasteiger partial charge on any atom is -0.374 e. The highest BCUT2D eigenvalue weighted by molar-refractivity contribution is 5.78. The average Bonchev–Trinajstić information content (AvgIpc) is 2.53. The zero-order chi connectivity index (χ0) is 11.2. The van der Waals surface area contributed by atoms with Crippen LogP contribution in [0.5, 0.6) is 0 Å². The van der Waals surface area contributed by atoms with Crippen LogP contribution in [0.1, 0.15) is 37.7 Å². The quantitative estimate of drug-likeness (QED) is 0.729. The fraction of sp³-hybridized carbons (Fsp3) is 0.500. The van der Waals surface area contributed by atoms with Gasteiger partial charge in [-0.2, -0.15) is 0 Å². The van der Waals surface area contributed by atoms with Gasteiger partial charge >= 0.3 is 0 Å². The number of hydrogen-bond donors (Lipinski definition) is 0. The van der Waals surface area contributed by atoms with E-state index in [1.165, 1.54) is 5.56 Å². The van der Waals surface area contributed by atoms with Crippen molar-refractivity contribution in [3.8, 4) is 0 Å². The van der Waals surface area contributed by atoms with Gasteiger partial charge in [-0.05, 0) is 24.8 Å². The summed E-state index contributed by atoms with van der Waals surface area (Å²) < 4.78 is 5.85. The molecule has 0 amide bonds. The van der Waals surface area contributed by atoms with Gasteiger partial charge in [0.05, 0.1) is 12.7 Å². The minimum atomic E-state index is 0.270. The molecule has 0 unspecified atom stereocenters. The molecule has 0 N–H and O–H groups in total. The van der Waals surface area contributed by atoms with Crippen LogP contribution < -0.4 is 0 Å². The lowest BCUT2D eigenvalue weighted by atomic mass is 10.1. The van der Waals surface area contributed by atoms with Crippen LogP contribution in [0, 0.1) is 0 Å². The number of hydrogen-bond acceptors (Lipinski definition) is 2. The molecule has 0 heterocycles. The molecule has 0 saturated heterocycles. The summed E-state index contributed by atoms with van der Waals surface area (Å²) in [7, 11) is 0. The Kier molecular flexibility index (Phi) is 4.11. The number of rotatable bonds is 3. The predicted molar refractivity (Wildman–Crippen MR) is 63.1 cm³/mol. The van der Waals surface area contributed by atoms with Crippen molar-refractivity contribution in [1.29, 1.82) is 0 Å². The minimum absolute atomic E-state index is 0.270. The summed E-state index contributed by atoms with van der Waals surface area (Å²) >= 11 is 0. The maximum absolute atomic E-state index is 11.2. The molecule has 0 aliphatic heterocycles. The first-order valence-electron chi connectivity index (χ1n) is 6.02. The van der Waals surface area contributed by atoms with E-state index < -0.39 is 0 Å². The van der Waals surface area contributed by atoms with Crippen molar-refractivity contribution in [2.24, 2.45) is 0 Å². The third-order valence-electron chi connectivity index (χ3n) is 3.06. The second-order valence-electron chi connectivity index (χ2n) is 4.39. The fourth-order valence-electron chi connectivity index (χ4n) is 2.07. The maximum atomic E-state index is 11.2. The molecule has 16 heavy (non-hydrogen) atoms. The highest BCUT2D eigenvalue weighted by Gasteiger charge is 2.16. The number of benzene rings is 1. The SMILES string of the molecule is O=C1CCC[C@H](OCc2ccccc2)CC1. The maximum Gasteiger partial charge on any atom is 0.133 e. The molecule has 2 heteroatoms. The van der Waals surface area contributed by atoms with Crippen molar-refractivity contribution >= 4 is 5.78 Å². The first kappa shape index (κ1) is 11.3. The van der Waals surface area contributed by atoms with E-state index in [2.05, 4.69) is 12.1 Å². The van der Waals surface area contributed by atoms with Crippen molar-refractivity contribution in [3.05, 3.63) is 35.9 Å². The molecule has 1 atom stereocenters. The number of carbonyl (C=O) groups excluding carboxylic acids is 1. The van der Waals surface area contributed by atoms with E-state index in [4.69, 9.17) is 4.74 Å². The average molecular weight is 218 g/mol.